The van der Waals surface area contributed by atoms with Gasteiger partial charge in [-0.2, -0.15) is 0 Å². The van der Waals surface area contributed by atoms with Crippen molar-refractivity contribution in [1.29, 1.82) is 0 Å². The molecule has 1 aromatic heterocycles. The Bertz CT molecular complexity index is 1470. The fraction of sp³-hybridized carbons (Fsp3) is 0.469. The summed E-state index contributed by atoms with van der Waals surface area (Å²) in [5.41, 5.74) is 3.01. The molecule has 0 spiro atoms. The number of carbonyl (C=O) groups is 3. The number of amides is 3. The van der Waals surface area contributed by atoms with E-state index in [1.54, 1.807) is 30.7 Å². The predicted octanol–water partition coefficient (Wildman–Crippen LogP) is 2.60. The predicted molar refractivity (Wildman–Crippen MR) is 164 cm³/mol. The number of ether oxygens (including phenoxy) is 2. The maximum Gasteiger partial charge on any atom is 0.347 e. The Balaban J connectivity index is 1.78. The van der Waals surface area contributed by atoms with Crippen LogP contribution >= 0.6 is 0 Å². The molecule has 0 radical (unpaired) electrons. The Hall–Kier alpha value is -4.13. The van der Waals surface area contributed by atoms with Gasteiger partial charge in [-0.05, 0) is 41.5 Å². The van der Waals surface area contributed by atoms with Crippen LogP contribution in [0.15, 0.2) is 59.5 Å². The third-order valence-electron chi connectivity index (χ3n) is 7.38. The molecule has 0 aliphatic heterocycles. The topological polar surface area (TPSA) is 161 Å². The van der Waals surface area contributed by atoms with Crippen molar-refractivity contribution < 1.29 is 29.1 Å². The highest BCUT2D eigenvalue weighted by Gasteiger charge is 2.39. The van der Waals surface area contributed by atoms with E-state index in [2.05, 4.69) is 15.6 Å². The minimum atomic E-state index is -1.37. The fourth-order valence-corrected chi connectivity index (χ4v) is 4.86. The van der Waals surface area contributed by atoms with Gasteiger partial charge in [-0.15, -0.1) is 0 Å². The Labute approximate surface area is 257 Å². The highest BCUT2D eigenvalue weighted by Crippen LogP contribution is 2.24. The Morgan fingerprint density at radius 3 is 2.36 bits per heavy atom. The highest BCUT2D eigenvalue weighted by molar-refractivity contribution is 5.92. The van der Waals surface area contributed by atoms with Gasteiger partial charge in [0, 0.05) is 32.3 Å². The molecule has 1 heterocycles. The number of hydrogen-bond acceptors (Lipinski definition) is 8. The van der Waals surface area contributed by atoms with E-state index in [0.717, 1.165) is 5.56 Å². The maximum absolute atomic E-state index is 13.7. The van der Waals surface area contributed by atoms with Crippen LogP contribution in [0.25, 0.3) is 10.9 Å². The van der Waals surface area contributed by atoms with Crippen molar-refractivity contribution in [3.8, 4) is 0 Å². The third kappa shape index (κ3) is 9.43. The van der Waals surface area contributed by atoms with Gasteiger partial charge in [-0.1, -0.05) is 63.6 Å². The van der Waals surface area contributed by atoms with Crippen molar-refractivity contribution in [2.24, 2.45) is 18.4 Å². The molecule has 3 amide bonds. The van der Waals surface area contributed by atoms with E-state index in [9.17, 15) is 24.4 Å². The lowest BCUT2D eigenvalue weighted by atomic mass is 9.85. The average Bonchev–Trinajstić information content (AvgIpc) is 3.01. The van der Waals surface area contributed by atoms with Gasteiger partial charge in [0.25, 0.3) is 5.91 Å². The number of nitrogens with one attached hydrogen (secondary N) is 3. The number of aromatic nitrogens is 2. The number of aryl methyl sites for hydroxylation is 1. The number of unbranched alkanes of at least 4 members (excludes halogenated alkanes) is 1. The molecule has 0 fully saturated rings. The van der Waals surface area contributed by atoms with Gasteiger partial charge in [0.1, 0.15) is 12.1 Å². The molecule has 0 aliphatic carbocycles. The van der Waals surface area contributed by atoms with Crippen LogP contribution < -0.4 is 21.8 Å². The molecular weight excluding hydrogens is 566 g/mol. The summed E-state index contributed by atoms with van der Waals surface area (Å²) in [6, 6.07) is 14.1. The fourth-order valence-electron chi connectivity index (χ4n) is 4.86. The lowest BCUT2D eigenvalue weighted by molar-refractivity contribution is -0.153. The van der Waals surface area contributed by atoms with Gasteiger partial charge in [0.2, 0.25) is 11.8 Å². The number of nitrogens with zero attached hydrogens (tertiary/aromatic N) is 2. The minimum absolute atomic E-state index is 0.0705. The van der Waals surface area contributed by atoms with E-state index in [1.165, 1.54) is 17.8 Å². The number of likely N-dealkylation sites (N-methyl/N-ethyl adjacent to an activating group) is 1. The Kier molecular flexibility index (Phi) is 12.6. The first-order valence-corrected chi connectivity index (χ1v) is 14.6. The summed E-state index contributed by atoms with van der Waals surface area (Å²) in [6.07, 6.45) is 1.44. The summed E-state index contributed by atoms with van der Waals surface area (Å²) in [4.78, 5) is 55.1. The van der Waals surface area contributed by atoms with Gasteiger partial charge < -0.3 is 20.1 Å². The smallest absolute Gasteiger partial charge is 0.347 e. The van der Waals surface area contributed by atoms with Crippen LogP contribution in [0.1, 0.15) is 51.2 Å². The minimum Gasteiger partial charge on any atom is -0.377 e. The van der Waals surface area contributed by atoms with Crippen LogP contribution in [0.5, 0.6) is 0 Å². The summed E-state index contributed by atoms with van der Waals surface area (Å²) in [5, 5.41) is 15.7. The molecule has 238 valence electrons. The van der Waals surface area contributed by atoms with Crippen molar-refractivity contribution in [3.63, 3.8) is 0 Å². The van der Waals surface area contributed by atoms with Gasteiger partial charge >= 0.3 is 5.69 Å². The van der Waals surface area contributed by atoms with Crippen molar-refractivity contribution in [3.05, 3.63) is 76.3 Å². The van der Waals surface area contributed by atoms with Crippen molar-refractivity contribution in [2.45, 2.75) is 65.4 Å². The molecule has 12 heteroatoms. The number of hydrogen-bond donors (Lipinski definition) is 4. The van der Waals surface area contributed by atoms with E-state index in [-0.39, 0.29) is 24.6 Å². The lowest BCUT2D eigenvalue weighted by Gasteiger charge is -2.32. The van der Waals surface area contributed by atoms with E-state index < -0.39 is 35.3 Å². The quantitative estimate of drug-likeness (QED) is 0.116. The van der Waals surface area contributed by atoms with Crippen molar-refractivity contribution in [2.75, 3.05) is 13.7 Å². The maximum atomic E-state index is 13.7. The molecule has 3 aromatic rings. The molecule has 4 N–H and O–H groups in total. The summed E-state index contributed by atoms with van der Waals surface area (Å²) in [6.45, 7) is 6.30. The monoisotopic (exact) mass is 609 g/mol. The van der Waals surface area contributed by atoms with Gasteiger partial charge in [0.15, 0.2) is 0 Å². The molecule has 44 heavy (non-hydrogen) atoms. The number of carbonyl (C=O) groups excluding carboxylic acids is 3. The molecule has 3 rings (SSSR count). The number of fused-ring (bicyclic) bond motifs is 1. The molecule has 12 nitrogen and oxygen atoms in total. The Morgan fingerprint density at radius 1 is 0.977 bits per heavy atom. The molecule has 0 saturated heterocycles. The number of benzene rings is 2. The SMILES string of the molecule is CNC(=O)[C@@H](NC(=O)[C@H](CCCCOCc1ccccc1)[C@H](OCc1ccc2c(cnc(=O)n2C)c1)C(=O)NO)C(C)(C)C. The summed E-state index contributed by atoms with van der Waals surface area (Å²) in [5.74, 6) is -2.84. The van der Waals surface area contributed by atoms with Crippen molar-refractivity contribution in [1.82, 2.24) is 25.7 Å². The van der Waals surface area contributed by atoms with E-state index in [1.807, 2.05) is 51.1 Å². The number of rotatable bonds is 15. The first-order chi connectivity index (χ1) is 21.0. The van der Waals surface area contributed by atoms with Crippen LogP contribution in [0.3, 0.4) is 0 Å². The summed E-state index contributed by atoms with van der Waals surface area (Å²) < 4.78 is 13.2. The van der Waals surface area contributed by atoms with Crippen molar-refractivity contribution >= 4 is 28.6 Å². The van der Waals surface area contributed by atoms with Gasteiger partial charge in [-0.3, -0.25) is 24.2 Å². The lowest BCUT2D eigenvalue weighted by Crippen LogP contribution is -2.56. The van der Waals surface area contributed by atoms with Gasteiger partial charge in [0.05, 0.1) is 24.6 Å². The van der Waals surface area contributed by atoms with E-state index >= 15 is 0 Å². The first-order valence-electron chi connectivity index (χ1n) is 14.6. The zero-order chi connectivity index (χ0) is 32.3. The zero-order valence-electron chi connectivity index (χ0n) is 26.0. The summed E-state index contributed by atoms with van der Waals surface area (Å²) >= 11 is 0. The molecular formula is C32H43N5O7. The van der Waals surface area contributed by atoms with E-state index in [4.69, 9.17) is 9.47 Å². The first kappa shape index (κ1) is 34.4. The van der Waals surface area contributed by atoms with Gasteiger partial charge in [-0.25, -0.2) is 15.3 Å². The molecule has 0 bridgehead atoms. The highest BCUT2D eigenvalue weighted by atomic mass is 16.5. The molecule has 3 atom stereocenters. The van der Waals surface area contributed by atoms with Crippen LogP contribution in [0.2, 0.25) is 0 Å². The number of hydroxylamine groups is 1. The second-order valence-corrected chi connectivity index (χ2v) is 11.8. The van der Waals surface area contributed by atoms with Crippen LogP contribution in [0.4, 0.5) is 0 Å². The van der Waals surface area contributed by atoms with E-state index in [0.29, 0.717) is 42.5 Å². The van der Waals surface area contributed by atoms with Crippen LogP contribution in [0, 0.1) is 11.3 Å². The second-order valence-electron chi connectivity index (χ2n) is 11.8. The molecule has 0 unspecified atom stereocenters. The standard InChI is InChI=1S/C32H43N5O7/c1-32(2,3)27(30(40)33-4)35-28(38)24(13-9-10-16-43-19-21-11-7-6-8-12-21)26(29(39)36-42)44-20-22-14-15-25-23(17-22)18-34-31(41)37(25)5/h6-8,11-12,14-15,17-18,24,26-27,42H,9-10,13,16,19-20H2,1-5H3,(H,33,40)(H,35,38)(H,36,39)/t24-,26+,27-/m1/s1. The molecule has 2 aromatic carbocycles. The second kappa shape index (κ2) is 16.1. The third-order valence-corrected chi connectivity index (χ3v) is 7.38. The Morgan fingerprint density at radius 2 is 1.70 bits per heavy atom. The van der Waals surface area contributed by atoms with Crippen LogP contribution in [-0.2, 0) is 44.1 Å². The molecule has 0 aliphatic rings. The normalized spacial score (nSPS) is 13.6. The van der Waals surface area contributed by atoms with Crippen LogP contribution in [-0.4, -0.2) is 58.3 Å². The summed E-state index contributed by atoms with van der Waals surface area (Å²) in [7, 11) is 3.11. The average molecular weight is 610 g/mol. The zero-order valence-corrected chi connectivity index (χ0v) is 26.0. The molecule has 0 saturated carbocycles. The largest absolute Gasteiger partial charge is 0.377 e.